The summed E-state index contributed by atoms with van der Waals surface area (Å²) in [6.45, 7) is 0. The van der Waals surface area contributed by atoms with Crippen molar-refractivity contribution < 1.29 is 19.8 Å². The zero-order chi connectivity index (χ0) is 16.5. The molecule has 3 aliphatic carbocycles. The van der Waals surface area contributed by atoms with Gasteiger partial charge in [-0.15, -0.1) is 0 Å². The van der Waals surface area contributed by atoms with E-state index in [2.05, 4.69) is 0 Å². The van der Waals surface area contributed by atoms with Gasteiger partial charge in [-0.2, -0.15) is 0 Å². The van der Waals surface area contributed by atoms with Gasteiger partial charge in [0.05, 0.1) is 0 Å². The maximum Gasteiger partial charge on any atom is 0.631 e. The van der Waals surface area contributed by atoms with Gasteiger partial charge in [0.1, 0.15) is 0 Å². The molecule has 0 saturated heterocycles. The average Bonchev–Trinajstić information content (AvgIpc) is 2.58. The second kappa shape index (κ2) is 12.6. The van der Waals surface area contributed by atoms with Gasteiger partial charge in [-0.05, 0) is 55.5 Å². The van der Waals surface area contributed by atoms with Crippen LogP contribution >= 0.6 is 7.92 Å². The van der Waals surface area contributed by atoms with Crippen molar-refractivity contribution in [3.05, 3.63) is 0 Å². The maximum absolute atomic E-state index is 7.17. The van der Waals surface area contributed by atoms with Crippen LogP contribution in [0.3, 0.4) is 0 Å². The van der Waals surface area contributed by atoms with Crippen molar-refractivity contribution in [2.75, 3.05) is 0 Å². The minimum atomic E-state index is -2.17. The summed E-state index contributed by atoms with van der Waals surface area (Å²) in [4.78, 5) is 0. The summed E-state index contributed by atoms with van der Waals surface area (Å²) in [6, 6.07) is 0. The second-order valence-electron chi connectivity index (χ2n) is 7.67. The van der Waals surface area contributed by atoms with Crippen molar-refractivity contribution in [3.63, 3.8) is 0 Å². The van der Waals surface area contributed by atoms with Gasteiger partial charge in [0.15, 0.2) is 0 Å². The lowest BCUT2D eigenvalue weighted by Crippen LogP contribution is -2.28. The van der Waals surface area contributed by atoms with E-state index in [1.54, 1.807) is 77.0 Å². The van der Waals surface area contributed by atoms with Gasteiger partial charge >= 0.3 is 7.32 Å². The van der Waals surface area contributed by atoms with Gasteiger partial charge in [0.25, 0.3) is 0 Å². The molecule has 0 aromatic heterocycles. The molecular formula is C18H37BFO3P. The van der Waals surface area contributed by atoms with Crippen molar-refractivity contribution in [1.29, 1.82) is 0 Å². The first-order valence-electron chi connectivity index (χ1n) is 10.00. The van der Waals surface area contributed by atoms with Crippen LogP contribution in [-0.2, 0) is 0 Å². The van der Waals surface area contributed by atoms with E-state index in [1.807, 2.05) is 0 Å². The molecule has 0 spiro atoms. The quantitative estimate of drug-likeness (QED) is 0.509. The Morgan fingerprint density at radius 2 is 0.708 bits per heavy atom. The fourth-order valence-corrected chi connectivity index (χ4v) is 9.71. The molecule has 0 aromatic carbocycles. The smallest absolute Gasteiger partial charge is 0.402 e. The van der Waals surface area contributed by atoms with Crippen LogP contribution in [0.25, 0.3) is 0 Å². The highest BCUT2D eigenvalue weighted by atomic mass is 31.1. The minimum absolute atomic E-state index is 0. The zero-order valence-electron chi connectivity index (χ0n) is 15.1. The molecule has 0 atom stereocenters. The highest BCUT2D eigenvalue weighted by Crippen LogP contribution is 2.61. The summed E-state index contributed by atoms with van der Waals surface area (Å²) in [5, 5.41) is 21.5. The van der Waals surface area contributed by atoms with E-state index in [9.17, 15) is 0 Å². The Labute approximate surface area is 148 Å². The predicted octanol–water partition coefficient (Wildman–Crippen LogP) is 4.57. The first-order chi connectivity index (χ1) is 11.2. The van der Waals surface area contributed by atoms with Gasteiger partial charge in [0, 0.05) is 0 Å². The lowest BCUT2D eigenvalue weighted by atomic mass is 9.99. The van der Waals surface area contributed by atoms with E-state index < -0.39 is 7.32 Å². The third-order valence-corrected chi connectivity index (χ3v) is 10.1. The van der Waals surface area contributed by atoms with E-state index in [0.29, 0.717) is 7.92 Å². The van der Waals surface area contributed by atoms with E-state index in [1.165, 1.54) is 36.2 Å². The molecule has 142 valence electrons. The summed E-state index contributed by atoms with van der Waals surface area (Å²) in [5.41, 5.74) is 3.57. The second-order valence-corrected chi connectivity index (χ2v) is 10.8. The van der Waals surface area contributed by atoms with E-state index in [4.69, 9.17) is 15.1 Å². The lowest BCUT2D eigenvalue weighted by molar-refractivity contribution is 0.278. The Hall–Kier alpha value is 0.305. The van der Waals surface area contributed by atoms with Crippen LogP contribution in [0, 0.1) is 0 Å². The van der Waals surface area contributed by atoms with E-state index in [0.717, 1.165) is 0 Å². The van der Waals surface area contributed by atoms with Crippen LogP contribution in [0.4, 0.5) is 4.70 Å². The molecule has 3 aliphatic rings. The van der Waals surface area contributed by atoms with Gasteiger partial charge in [0.2, 0.25) is 0 Å². The molecule has 0 unspecified atom stereocenters. The normalized spacial score (nSPS) is 24.0. The minimum Gasteiger partial charge on any atom is -0.402 e. The van der Waals surface area contributed by atoms with Crippen molar-refractivity contribution in [2.45, 2.75) is 113 Å². The summed E-state index contributed by atoms with van der Waals surface area (Å²) in [6.07, 6.45) is 23.6. The van der Waals surface area contributed by atoms with Gasteiger partial charge in [-0.25, -0.2) is 0 Å². The molecule has 3 rings (SSSR count). The maximum atomic E-state index is 7.17. The third kappa shape index (κ3) is 7.68. The Morgan fingerprint density at radius 1 is 0.500 bits per heavy atom. The Balaban J connectivity index is 0.000000522. The summed E-state index contributed by atoms with van der Waals surface area (Å²) < 4.78 is 0. The summed E-state index contributed by atoms with van der Waals surface area (Å²) >= 11 is 0. The first kappa shape index (κ1) is 22.3. The molecule has 3 fully saturated rings. The molecule has 0 aliphatic heterocycles. The number of hydrogen-bond acceptors (Lipinski definition) is 3. The topological polar surface area (TPSA) is 60.7 Å². The molecule has 0 aromatic rings. The molecule has 6 heteroatoms. The lowest BCUT2D eigenvalue weighted by Gasteiger charge is -2.44. The zero-order valence-corrected chi connectivity index (χ0v) is 16.0. The van der Waals surface area contributed by atoms with Crippen LogP contribution < -0.4 is 0 Å². The van der Waals surface area contributed by atoms with Crippen LogP contribution in [0.5, 0.6) is 0 Å². The Kier molecular flexibility index (Phi) is 11.8. The number of rotatable bonds is 3. The van der Waals surface area contributed by atoms with Crippen LogP contribution in [0.1, 0.15) is 96.3 Å². The van der Waals surface area contributed by atoms with Crippen LogP contribution in [0.2, 0.25) is 0 Å². The third-order valence-electron chi connectivity index (χ3n) is 5.99. The van der Waals surface area contributed by atoms with Crippen molar-refractivity contribution in [2.24, 2.45) is 0 Å². The molecule has 0 radical (unpaired) electrons. The molecule has 3 nitrogen and oxygen atoms in total. The molecule has 0 bridgehead atoms. The summed E-state index contributed by atoms with van der Waals surface area (Å²) in [5.74, 6) is 0. The molecular weight excluding hydrogens is 325 g/mol. The summed E-state index contributed by atoms with van der Waals surface area (Å²) in [7, 11) is -1.78. The SMILES string of the molecule is C1CCC(P(C2CCCCC2)C2CCCCC2)CC1.F.OB(O)O. The molecule has 0 amide bonds. The Morgan fingerprint density at radius 3 is 0.917 bits per heavy atom. The number of halogens is 1. The number of hydrogen-bond donors (Lipinski definition) is 3. The molecule has 24 heavy (non-hydrogen) atoms. The highest BCUT2D eigenvalue weighted by molar-refractivity contribution is 7.60. The van der Waals surface area contributed by atoms with Crippen molar-refractivity contribution in [1.82, 2.24) is 0 Å². The standard InChI is InChI=1S/C18H33P.BH3O3.FH/c1-4-10-16(11-5-1)19(17-12-6-2-7-13-17)18-14-8-3-9-15-18;2-1(3)4;/h16-18H,1-15H2;2-4H;1H. The van der Waals surface area contributed by atoms with Crippen molar-refractivity contribution >= 4 is 15.2 Å². The average molecular weight is 362 g/mol. The largest absolute Gasteiger partial charge is 0.631 e. The van der Waals surface area contributed by atoms with Crippen LogP contribution in [-0.4, -0.2) is 39.4 Å². The fourth-order valence-electron chi connectivity index (χ4n) is 5.03. The fraction of sp³-hybridized carbons (Fsp3) is 1.00. The molecule has 3 saturated carbocycles. The highest BCUT2D eigenvalue weighted by Gasteiger charge is 2.36. The first-order valence-corrected chi connectivity index (χ1v) is 11.5. The molecule has 3 N–H and O–H groups in total. The predicted molar refractivity (Wildman–Crippen MR) is 102 cm³/mol. The van der Waals surface area contributed by atoms with Gasteiger partial charge in [-0.3, -0.25) is 4.70 Å². The van der Waals surface area contributed by atoms with Gasteiger partial charge < -0.3 is 15.1 Å². The molecule has 0 heterocycles. The van der Waals surface area contributed by atoms with Crippen LogP contribution in [0.15, 0.2) is 0 Å². The Bertz CT molecular complexity index is 259. The van der Waals surface area contributed by atoms with Gasteiger partial charge in [-0.1, -0.05) is 65.7 Å². The monoisotopic (exact) mass is 362 g/mol. The van der Waals surface area contributed by atoms with Crippen molar-refractivity contribution in [3.8, 4) is 0 Å². The van der Waals surface area contributed by atoms with E-state index >= 15 is 0 Å². The van der Waals surface area contributed by atoms with E-state index in [-0.39, 0.29) is 4.70 Å².